The summed E-state index contributed by atoms with van der Waals surface area (Å²) in [4.78, 5) is 0. The monoisotopic (exact) mass is 220 g/mol. The first-order valence-electron chi connectivity index (χ1n) is 4.64. The van der Waals surface area contributed by atoms with Crippen molar-refractivity contribution in [2.75, 3.05) is 0 Å². The minimum absolute atomic E-state index is 0.245. The molecule has 0 saturated carbocycles. The third kappa shape index (κ3) is 5.08. The van der Waals surface area contributed by atoms with Crippen LogP contribution in [0.5, 0.6) is 5.75 Å². The summed E-state index contributed by atoms with van der Waals surface area (Å²) in [5, 5.41) is 9.34. The van der Waals surface area contributed by atoms with Gasteiger partial charge < -0.3 is 5.11 Å². The summed E-state index contributed by atoms with van der Waals surface area (Å²) in [6.07, 6.45) is 0. The molecule has 0 amide bonds. The maximum Gasteiger partial charge on any atom is 0.115 e. The zero-order chi connectivity index (χ0) is 11.1. The fraction of sp³-hybridized carbons (Fsp3) is 0.0769. The van der Waals surface area contributed by atoms with E-state index in [2.05, 4.69) is 19.1 Å². The normalized spacial score (nSPS) is 8.93. The molecule has 0 bridgehead atoms. The first-order valence-corrected chi connectivity index (χ1v) is 5.02. The van der Waals surface area contributed by atoms with E-state index in [-0.39, 0.29) is 5.75 Å². The van der Waals surface area contributed by atoms with Crippen molar-refractivity contribution in [2.24, 2.45) is 0 Å². The smallest absolute Gasteiger partial charge is 0.115 e. The lowest BCUT2D eigenvalue weighted by molar-refractivity contribution is 0.475. The molecule has 1 N–H and O–H groups in total. The number of phenolic OH excluding ortho intramolecular Hbond substituents is 1. The van der Waals surface area contributed by atoms with Gasteiger partial charge in [0.25, 0.3) is 0 Å². The van der Waals surface area contributed by atoms with E-state index in [1.54, 1.807) is 24.3 Å². The van der Waals surface area contributed by atoms with Crippen LogP contribution >= 0.6 is 11.6 Å². The van der Waals surface area contributed by atoms with Crippen molar-refractivity contribution in [1.29, 1.82) is 0 Å². The van der Waals surface area contributed by atoms with Crippen molar-refractivity contribution in [3.05, 3.63) is 65.2 Å². The Morgan fingerprint density at radius 3 is 1.73 bits per heavy atom. The van der Waals surface area contributed by atoms with Gasteiger partial charge in [0.1, 0.15) is 5.75 Å². The van der Waals surface area contributed by atoms with Gasteiger partial charge in [0, 0.05) is 5.02 Å². The molecule has 0 fully saturated rings. The number of benzene rings is 2. The van der Waals surface area contributed by atoms with Crippen LogP contribution in [0, 0.1) is 6.92 Å². The second-order valence-corrected chi connectivity index (χ2v) is 3.57. The standard InChI is InChI=1S/C7H8.C6H5ClO/c1-7-5-3-2-4-6-7;7-5-1-3-6(8)4-2-5/h2-6H,1H3;1-4,8H. The Labute approximate surface area is 95.0 Å². The molecule has 0 aliphatic carbocycles. The van der Waals surface area contributed by atoms with Crippen molar-refractivity contribution in [1.82, 2.24) is 0 Å². The first-order chi connectivity index (χ1) is 7.18. The van der Waals surface area contributed by atoms with E-state index >= 15 is 0 Å². The van der Waals surface area contributed by atoms with Gasteiger partial charge in [-0.2, -0.15) is 0 Å². The van der Waals surface area contributed by atoms with Crippen LogP contribution in [0.15, 0.2) is 54.6 Å². The van der Waals surface area contributed by atoms with E-state index in [0.717, 1.165) is 0 Å². The van der Waals surface area contributed by atoms with Gasteiger partial charge in [-0.15, -0.1) is 0 Å². The van der Waals surface area contributed by atoms with Gasteiger partial charge >= 0.3 is 0 Å². The topological polar surface area (TPSA) is 20.2 Å². The van der Waals surface area contributed by atoms with Crippen LogP contribution in [0.4, 0.5) is 0 Å². The predicted molar refractivity (Wildman–Crippen MR) is 64.3 cm³/mol. The minimum atomic E-state index is 0.245. The van der Waals surface area contributed by atoms with Gasteiger partial charge in [-0.05, 0) is 31.2 Å². The Morgan fingerprint density at radius 1 is 0.867 bits per heavy atom. The summed E-state index contributed by atoms with van der Waals surface area (Å²) in [6, 6.07) is 16.6. The molecule has 0 unspecified atom stereocenters. The predicted octanol–water partition coefficient (Wildman–Crippen LogP) is 4.04. The van der Waals surface area contributed by atoms with Crippen molar-refractivity contribution in [3.8, 4) is 5.75 Å². The highest BCUT2D eigenvalue weighted by Crippen LogP contribution is 2.12. The third-order valence-electron chi connectivity index (χ3n) is 1.77. The number of halogens is 1. The number of hydrogen-bond donors (Lipinski definition) is 1. The summed E-state index contributed by atoms with van der Waals surface area (Å²) in [5.74, 6) is 0.245. The molecule has 2 heteroatoms. The molecule has 0 aliphatic rings. The zero-order valence-corrected chi connectivity index (χ0v) is 9.28. The highest BCUT2D eigenvalue weighted by Gasteiger charge is 1.84. The molecule has 0 aliphatic heterocycles. The first kappa shape index (κ1) is 11.6. The van der Waals surface area contributed by atoms with Crippen LogP contribution < -0.4 is 0 Å². The maximum atomic E-state index is 8.70. The van der Waals surface area contributed by atoms with Gasteiger partial charge in [0.15, 0.2) is 0 Å². The van der Waals surface area contributed by atoms with Gasteiger partial charge in [0.05, 0.1) is 0 Å². The number of aromatic hydroxyl groups is 1. The van der Waals surface area contributed by atoms with E-state index in [0.29, 0.717) is 5.02 Å². The zero-order valence-electron chi connectivity index (χ0n) is 8.52. The van der Waals surface area contributed by atoms with Crippen molar-refractivity contribution >= 4 is 11.6 Å². The fourth-order valence-electron chi connectivity index (χ4n) is 0.975. The molecule has 0 aromatic heterocycles. The molecule has 0 atom stereocenters. The second kappa shape index (κ2) is 6.10. The summed E-state index contributed by atoms with van der Waals surface area (Å²) >= 11 is 5.50. The van der Waals surface area contributed by atoms with E-state index in [9.17, 15) is 0 Å². The molecule has 2 aromatic rings. The average Bonchev–Trinajstić information content (AvgIpc) is 2.25. The van der Waals surface area contributed by atoms with Crippen LogP contribution in [-0.2, 0) is 0 Å². The summed E-state index contributed by atoms with van der Waals surface area (Å²) in [7, 11) is 0. The Kier molecular flexibility index (Phi) is 4.72. The number of aryl methyl sites for hydroxylation is 1. The molecule has 1 nitrogen and oxygen atoms in total. The minimum Gasteiger partial charge on any atom is -0.508 e. The quantitative estimate of drug-likeness (QED) is 0.711. The SMILES string of the molecule is Cc1ccccc1.Oc1ccc(Cl)cc1. The maximum absolute atomic E-state index is 8.70. The molecular formula is C13H13ClO. The Morgan fingerprint density at radius 2 is 1.40 bits per heavy atom. The van der Waals surface area contributed by atoms with Crippen molar-refractivity contribution in [2.45, 2.75) is 6.92 Å². The van der Waals surface area contributed by atoms with Crippen LogP contribution in [-0.4, -0.2) is 5.11 Å². The highest BCUT2D eigenvalue weighted by atomic mass is 35.5. The summed E-state index contributed by atoms with van der Waals surface area (Å²) in [5.41, 5.74) is 1.32. The van der Waals surface area contributed by atoms with E-state index in [1.807, 2.05) is 18.2 Å². The fourth-order valence-corrected chi connectivity index (χ4v) is 1.10. The molecule has 2 aromatic carbocycles. The summed E-state index contributed by atoms with van der Waals surface area (Å²) in [6.45, 7) is 2.08. The molecule has 2 rings (SSSR count). The molecule has 78 valence electrons. The molecule has 15 heavy (non-hydrogen) atoms. The van der Waals surface area contributed by atoms with Gasteiger partial charge in [-0.1, -0.05) is 47.5 Å². The number of rotatable bonds is 0. The van der Waals surface area contributed by atoms with E-state index < -0.39 is 0 Å². The Hall–Kier alpha value is -1.47. The third-order valence-corrected chi connectivity index (χ3v) is 2.02. The second-order valence-electron chi connectivity index (χ2n) is 3.13. The summed E-state index contributed by atoms with van der Waals surface area (Å²) < 4.78 is 0. The van der Waals surface area contributed by atoms with Gasteiger partial charge in [-0.3, -0.25) is 0 Å². The van der Waals surface area contributed by atoms with Crippen LogP contribution in [0.1, 0.15) is 5.56 Å². The van der Waals surface area contributed by atoms with E-state index in [4.69, 9.17) is 16.7 Å². The Balaban J connectivity index is 0.000000151. The van der Waals surface area contributed by atoms with Crippen molar-refractivity contribution < 1.29 is 5.11 Å². The number of hydrogen-bond acceptors (Lipinski definition) is 1. The molecule has 0 spiro atoms. The van der Waals surface area contributed by atoms with E-state index in [1.165, 1.54) is 5.56 Å². The average molecular weight is 221 g/mol. The number of phenols is 1. The lowest BCUT2D eigenvalue weighted by Gasteiger charge is -1.87. The van der Waals surface area contributed by atoms with Gasteiger partial charge in [-0.25, -0.2) is 0 Å². The molecular weight excluding hydrogens is 208 g/mol. The largest absolute Gasteiger partial charge is 0.508 e. The molecule has 0 heterocycles. The van der Waals surface area contributed by atoms with Crippen LogP contribution in [0.3, 0.4) is 0 Å². The van der Waals surface area contributed by atoms with Crippen molar-refractivity contribution in [3.63, 3.8) is 0 Å². The van der Waals surface area contributed by atoms with Crippen LogP contribution in [0.2, 0.25) is 5.02 Å². The lowest BCUT2D eigenvalue weighted by atomic mass is 10.2. The highest BCUT2D eigenvalue weighted by molar-refractivity contribution is 6.30. The lowest BCUT2D eigenvalue weighted by Crippen LogP contribution is -1.62. The van der Waals surface area contributed by atoms with Gasteiger partial charge in [0.2, 0.25) is 0 Å². The van der Waals surface area contributed by atoms with Crippen LogP contribution in [0.25, 0.3) is 0 Å². The Bertz CT molecular complexity index is 360. The molecule has 0 radical (unpaired) electrons. The molecule has 0 saturated heterocycles.